The monoisotopic (exact) mass is 319 g/mol. The molecule has 2 aromatic rings. The van der Waals surface area contributed by atoms with E-state index in [1.54, 1.807) is 11.3 Å². The average molecular weight is 319 g/mol. The van der Waals surface area contributed by atoms with E-state index in [-0.39, 0.29) is 5.91 Å². The van der Waals surface area contributed by atoms with Gasteiger partial charge in [-0.15, -0.1) is 10.2 Å². The highest BCUT2D eigenvalue weighted by atomic mass is 32.1. The Bertz CT molecular complexity index is 697. The summed E-state index contributed by atoms with van der Waals surface area (Å²) >= 11 is 1.60. The third kappa shape index (κ3) is 2.61. The first kappa shape index (κ1) is 15.0. The molecule has 22 heavy (non-hydrogen) atoms. The summed E-state index contributed by atoms with van der Waals surface area (Å²) in [6.07, 6.45) is 0. The molecule has 0 saturated carbocycles. The average Bonchev–Trinajstić information content (AvgIpc) is 3.06. The lowest BCUT2D eigenvalue weighted by molar-refractivity contribution is 0.0746. The predicted molar refractivity (Wildman–Crippen MR) is 87.6 cm³/mol. The quantitative estimate of drug-likeness (QED) is 0.846. The minimum absolute atomic E-state index is 0.134. The van der Waals surface area contributed by atoms with E-state index < -0.39 is 0 Å². The number of carbonyl (C=O) groups excluding carboxylic acids is 1. The molecule has 1 amide bonds. The molecule has 0 N–H and O–H groups in total. The first-order valence-corrected chi connectivity index (χ1v) is 8.26. The number of piperazine rings is 1. The van der Waals surface area contributed by atoms with Crippen molar-refractivity contribution in [1.82, 2.24) is 19.7 Å². The summed E-state index contributed by atoms with van der Waals surface area (Å²) in [6.45, 7) is 9.06. The zero-order valence-electron chi connectivity index (χ0n) is 13.5. The van der Waals surface area contributed by atoms with Crippen LogP contribution < -0.4 is 4.90 Å². The molecule has 6 nitrogen and oxygen atoms in total. The van der Waals surface area contributed by atoms with Crippen molar-refractivity contribution in [1.29, 1.82) is 0 Å². The van der Waals surface area contributed by atoms with E-state index in [1.165, 1.54) is 0 Å². The van der Waals surface area contributed by atoms with Gasteiger partial charge in [0.05, 0.1) is 5.56 Å². The molecule has 1 fully saturated rings. The summed E-state index contributed by atoms with van der Waals surface area (Å²) < 4.78 is 2.06. The van der Waals surface area contributed by atoms with Crippen LogP contribution in [-0.2, 0) is 7.05 Å². The summed E-state index contributed by atoms with van der Waals surface area (Å²) in [5.74, 6) is 0.134. The normalized spacial score (nSPS) is 15.5. The zero-order valence-corrected chi connectivity index (χ0v) is 14.3. The maximum atomic E-state index is 12.7. The molecule has 118 valence electrons. The number of aromatic nitrogens is 3. The van der Waals surface area contributed by atoms with E-state index >= 15 is 0 Å². The molecule has 0 aromatic carbocycles. The Morgan fingerprint density at radius 3 is 2.32 bits per heavy atom. The third-order valence-electron chi connectivity index (χ3n) is 4.36. The summed E-state index contributed by atoms with van der Waals surface area (Å²) in [5, 5.41) is 10.2. The van der Waals surface area contributed by atoms with Crippen molar-refractivity contribution >= 4 is 22.4 Å². The van der Waals surface area contributed by atoms with Gasteiger partial charge in [0.1, 0.15) is 5.01 Å². The van der Waals surface area contributed by atoms with Gasteiger partial charge >= 0.3 is 0 Å². The molecular formula is C15H21N5OS. The second kappa shape index (κ2) is 5.72. The van der Waals surface area contributed by atoms with Crippen LogP contribution in [0.25, 0.3) is 0 Å². The molecule has 1 aliphatic heterocycles. The van der Waals surface area contributed by atoms with Crippen molar-refractivity contribution in [2.45, 2.75) is 20.8 Å². The van der Waals surface area contributed by atoms with Crippen LogP contribution in [0.3, 0.4) is 0 Å². The Morgan fingerprint density at radius 1 is 1.14 bits per heavy atom. The Hall–Kier alpha value is -1.89. The van der Waals surface area contributed by atoms with Crippen molar-refractivity contribution < 1.29 is 4.79 Å². The van der Waals surface area contributed by atoms with Crippen LogP contribution in [-0.4, -0.2) is 51.8 Å². The van der Waals surface area contributed by atoms with E-state index in [1.807, 2.05) is 38.8 Å². The topological polar surface area (TPSA) is 54.3 Å². The van der Waals surface area contributed by atoms with E-state index in [4.69, 9.17) is 0 Å². The lowest BCUT2D eigenvalue weighted by Gasteiger charge is -2.34. The maximum absolute atomic E-state index is 12.7. The van der Waals surface area contributed by atoms with Gasteiger partial charge in [0.15, 0.2) is 0 Å². The van der Waals surface area contributed by atoms with Crippen LogP contribution in [0, 0.1) is 20.8 Å². The molecule has 0 atom stereocenters. The fourth-order valence-corrected chi connectivity index (χ4v) is 3.50. The molecule has 1 aliphatic rings. The highest BCUT2D eigenvalue weighted by molar-refractivity contribution is 7.15. The molecule has 7 heteroatoms. The van der Waals surface area contributed by atoms with Gasteiger partial charge in [-0.2, -0.15) is 0 Å². The Labute approximate surface area is 134 Å². The number of aryl methyl sites for hydroxylation is 2. The van der Waals surface area contributed by atoms with Crippen LogP contribution in [0.15, 0.2) is 6.07 Å². The molecule has 3 heterocycles. The first-order chi connectivity index (χ1) is 10.5. The van der Waals surface area contributed by atoms with Crippen LogP contribution in [0.5, 0.6) is 0 Å². The number of nitrogens with zero attached hydrogens (tertiary/aromatic N) is 5. The molecule has 0 radical (unpaired) electrons. The lowest BCUT2D eigenvalue weighted by Crippen LogP contribution is -2.48. The van der Waals surface area contributed by atoms with Crippen molar-refractivity contribution in [2.75, 3.05) is 31.1 Å². The summed E-state index contributed by atoms with van der Waals surface area (Å²) in [6, 6.07) is 1.98. The smallest absolute Gasteiger partial charge is 0.255 e. The molecule has 0 spiro atoms. The van der Waals surface area contributed by atoms with Gasteiger partial charge in [0, 0.05) is 44.6 Å². The Morgan fingerprint density at radius 2 is 1.82 bits per heavy atom. The largest absolute Gasteiger partial charge is 0.351 e. The minimum atomic E-state index is 0.134. The van der Waals surface area contributed by atoms with Gasteiger partial charge in [-0.05, 0) is 26.8 Å². The molecule has 0 unspecified atom stereocenters. The Balaban J connectivity index is 1.68. The lowest BCUT2D eigenvalue weighted by atomic mass is 10.2. The van der Waals surface area contributed by atoms with Gasteiger partial charge in [-0.25, -0.2) is 0 Å². The number of hydrogen-bond donors (Lipinski definition) is 0. The van der Waals surface area contributed by atoms with Crippen LogP contribution in [0.2, 0.25) is 0 Å². The van der Waals surface area contributed by atoms with Crippen LogP contribution >= 0.6 is 11.3 Å². The maximum Gasteiger partial charge on any atom is 0.255 e. The fraction of sp³-hybridized carbons (Fsp3) is 0.533. The van der Waals surface area contributed by atoms with E-state index in [0.29, 0.717) is 0 Å². The van der Waals surface area contributed by atoms with Crippen molar-refractivity contribution in [3.63, 3.8) is 0 Å². The van der Waals surface area contributed by atoms with Crippen molar-refractivity contribution in [2.24, 2.45) is 7.05 Å². The summed E-state index contributed by atoms with van der Waals surface area (Å²) in [7, 11) is 2.00. The van der Waals surface area contributed by atoms with E-state index in [0.717, 1.165) is 53.3 Å². The second-order valence-corrected chi connectivity index (χ2v) is 6.89. The molecular weight excluding hydrogens is 298 g/mol. The molecule has 0 bridgehead atoms. The summed E-state index contributed by atoms with van der Waals surface area (Å²) in [4.78, 5) is 16.8. The molecule has 1 saturated heterocycles. The van der Waals surface area contributed by atoms with Gasteiger partial charge in [-0.3, -0.25) is 4.79 Å². The number of hydrogen-bond acceptors (Lipinski definition) is 5. The van der Waals surface area contributed by atoms with Gasteiger partial charge in [-0.1, -0.05) is 11.3 Å². The molecule has 0 aliphatic carbocycles. The van der Waals surface area contributed by atoms with Crippen LogP contribution in [0.1, 0.15) is 26.8 Å². The molecule has 2 aromatic heterocycles. The summed E-state index contributed by atoms with van der Waals surface area (Å²) in [5.41, 5.74) is 2.97. The van der Waals surface area contributed by atoms with Crippen molar-refractivity contribution in [3.8, 4) is 0 Å². The number of rotatable bonds is 2. The number of carbonyl (C=O) groups is 1. The van der Waals surface area contributed by atoms with E-state index in [2.05, 4.69) is 19.7 Å². The second-order valence-electron chi connectivity index (χ2n) is 5.73. The highest BCUT2D eigenvalue weighted by Gasteiger charge is 2.25. The SMILES string of the molecule is Cc1nnc(N2CCN(C(=O)c3cc(C)n(C)c3C)CC2)s1. The van der Waals surface area contributed by atoms with Gasteiger partial charge in [0.25, 0.3) is 5.91 Å². The first-order valence-electron chi connectivity index (χ1n) is 7.44. The van der Waals surface area contributed by atoms with Gasteiger partial charge in [0.2, 0.25) is 5.13 Å². The van der Waals surface area contributed by atoms with E-state index in [9.17, 15) is 4.79 Å². The standard InChI is InChI=1S/C15H21N5OS/c1-10-9-13(11(2)18(10)4)14(21)19-5-7-20(8-6-19)15-17-16-12(3)22-15/h9H,5-8H2,1-4H3. The van der Waals surface area contributed by atoms with Gasteiger partial charge < -0.3 is 14.4 Å². The Kier molecular flexibility index (Phi) is 3.90. The zero-order chi connectivity index (χ0) is 15.9. The number of amides is 1. The predicted octanol–water partition coefficient (Wildman–Crippen LogP) is 1.76. The third-order valence-corrected chi connectivity index (χ3v) is 5.26. The minimum Gasteiger partial charge on any atom is -0.351 e. The van der Waals surface area contributed by atoms with Crippen molar-refractivity contribution in [3.05, 3.63) is 28.0 Å². The van der Waals surface area contributed by atoms with Crippen LogP contribution in [0.4, 0.5) is 5.13 Å². The number of anilines is 1. The molecule has 3 rings (SSSR count). The fourth-order valence-electron chi connectivity index (χ4n) is 2.76. The highest BCUT2D eigenvalue weighted by Crippen LogP contribution is 2.22.